The Kier molecular flexibility index (Phi) is 5.22. The van der Waals surface area contributed by atoms with Crippen LogP contribution in [-0.4, -0.2) is 28.9 Å². The number of aromatic nitrogens is 2. The van der Waals surface area contributed by atoms with E-state index >= 15 is 0 Å². The van der Waals surface area contributed by atoms with Gasteiger partial charge in [0.25, 0.3) is 5.56 Å². The van der Waals surface area contributed by atoms with Crippen LogP contribution in [0.5, 0.6) is 0 Å². The van der Waals surface area contributed by atoms with Crippen LogP contribution in [0.4, 0.5) is 5.69 Å². The smallest absolute Gasteiger partial charge is 0.327 e. The average Bonchev–Trinajstić information content (AvgIpc) is 3.29. The van der Waals surface area contributed by atoms with Gasteiger partial charge < -0.3 is 10.1 Å². The molecule has 1 aliphatic carbocycles. The standard InChI is InChI=1S/C14H20ClN3O3/c1-3-10(6-9-4-5-9)17-11-7-16-18(8-12(19)21-2)14(20)13(11)15/h7,9-10,17H,3-6,8H2,1-2H3. The molecule has 7 heteroatoms. The van der Waals surface area contributed by atoms with E-state index in [0.29, 0.717) is 5.69 Å². The van der Waals surface area contributed by atoms with Crippen molar-refractivity contribution < 1.29 is 9.53 Å². The average molecular weight is 314 g/mol. The number of esters is 1. The Bertz CT molecular complexity index is 569. The Balaban J connectivity index is 2.11. The summed E-state index contributed by atoms with van der Waals surface area (Å²) < 4.78 is 5.52. The van der Waals surface area contributed by atoms with Gasteiger partial charge in [-0.3, -0.25) is 9.59 Å². The molecule has 0 spiro atoms. The molecule has 116 valence electrons. The van der Waals surface area contributed by atoms with Crippen molar-refractivity contribution in [2.75, 3.05) is 12.4 Å². The van der Waals surface area contributed by atoms with Gasteiger partial charge in [-0.15, -0.1) is 0 Å². The zero-order valence-electron chi connectivity index (χ0n) is 12.3. The maximum atomic E-state index is 12.1. The van der Waals surface area contributed by atoms with Gasteiger partial charge in [-0.2, -0.15) is 5.10 Å². The van der Waals surface area contributed by atoms with E-state index in [4.69, 9.17) is 11.6 Å². The molecule has 1 atom stereocenters. The maximum absolute atomic E-state index is 12.1. The first kappa shape index (κ1) is 15.8. The van der Waals surface area contributed by atoms with E-state index in [1.165, 1.54) is 26.1 Å². The molecule has 1 aliphatic rings. The quantitative estimate of drug-likeness (QED) is 0.780. The number of anilines is 1. The van der Waals surface area contributed by atoms with Gasteiger partial charge in [0.05, 0.1) is 19.0 Å². The SMILES string of the molecule is CCC(CC1CC1)Nc1cnn(CC(=O)OC)c(=O)c1Cl. The summed E-state index contributed by atoms with van der Waals surface area (Å²) in [6, 6.07) is 0.285. The summed E-state index contributed by atoms with van der Waals surface area (Å²) in [5.41, 5.74) is 0.0311. The number of rotatable bonds is 7. The molecule has 6 nitrogen and oxygen atoms in total. The molecule has 21 heavy (non-hydrogen) atoms. The molecule has 0 bridgehead atoms. The van der Waals surface area contributed by atoms with Gasteiger partial charge in [0.2, 0.25) is 0 Å². The van der Waals surface area contributed by atoms with Crippen molar-refractivity contribution in [2.45, 2.75) is 45.2 Å². The largest absolute Gasteiger partial charge is 0.468 e. The van der Waals surface area contributed by atoms with Crippen LogP contribution < -0.4 is 10.9 Å². The number of carbonyl (C=O) groups excluding carboxylic acids is 1. The van der Waals surface area contributed by atoms with Crippen molar-refractivity contribution in [3.63, 3.8) is 0 Å². The monoisotopic (exact) mass is 313 g/mol. The molecular weight excluding hydrogens is 294 g/mol. The van der Waals surface area contributed by atoms with E-state index in [-0.39, 0.29) is 17.6 Å². The molecule has 1 aromatic heterocycles. The molecule has 0 radical (unpaired) electrons. The van der Waals surface area contributed by atoms with E-state index in [9.17, 15) is 9.59 Å². The van der Waals surface area contributed by atoms with Crippen LogP contribution in [0.1, 0.15) is 32.6 Å². The molecule has 1 fully saturated rings. The summed E-state index contributed by atoms with van der Waals surface area (Å²) in [5.74, 6) is 0.246. The van der Waals surface area contributed by atoms with Gasteiger partial charge >= 0.3 is 5.97 Å². The van der Waals surface area contributed by atoms with E-state index in [0.717, 1.165) is 23.4 Å². The van der Waals surface area contributed by atoms with Gasteiger partial charge in [0.1, 0.15) is 11.6 Å². The molecule has 1 heterocycles. The number of methoxy groups -OCH3 is 1. The molecule has 2 rings (SSSR count). The molecule has 1 unspecified atom stereocenters. The first-order chi connectivity index (χ1) is 10.0. The second kappa shape index (κ2) is 6.93. The lowest BCUT2D eigenvalue weighted by Crippen LogP contribution is -2.29. The van der Waals surface area contributed by atoms with E-state index in [2.05, 4.69) is 22.1 Å². The highest BCUT2D eigenvalue weighted by atomic mass is 35.5. The Morgan fingerprint density at radius 2 is 2.33 bits per heavy atom. The first-order valence-electron chi connectivity index (χ1n) is 7.14. The number of nitrogens with zero attached hydrogens (tertiary/aromatic N) is 2. The van der Waals surface area contributed by atoms with Gasteiger partial charge in [-0.1, -0.05) is 31.4 Å². The summed E-state index contributed by atoms with van der Waals surface area (Å²) in [5, 5.41) is 7.30. The second-order valence-electron chi connectivity index (χ2n) is 5.34. The minimum atomic E-state index is -0.540. The molecule has 0 aliphatic heterocycles. The van der Waals surface area contributed by atoms with Crippen molar-refractivity contribution in [2.24, 2.45) is 5.92 Å². The number of carbonyl (C=O) groups is 1. The molecule has 0 aromatic carbocycles. The lowest BCUT2D eigenvalue weighted by Gasteiger charge is -2.18. The lowest BCUT2D eigenvalue weighted by atomic mass is 10.1. The maximum Gasteiger partial charge on any atom is 0.327 e. The molecule has 0 saturated heterocycles. The number of hydrogen-bond donors (Lipinski definition) is 1. The summed E-state index contributed by atoms with van der Waals surface area (Å²) in [6.45, 7) is 1.86. The number of nitrogens with one attached hydrogen (secondary N) is 1. The van der Waals surface area contributed by atoms with Crippen LogP contribution >= 0.6 is 11.6 Å². The van der Waals surface area contributed by atoms with Crippen LogP contribution in [0.2, 0.25) is 5.02 Å². The van der Waals surface area contributed by atoms with Crippen molar-refractivity contribution in [3.05, 3.63) is 21.6 Å². The summed E-state index contributed by atoms with van der Waals surface area (Å²) in [4.78, 5) is 23.3. The summed E-state index contributed by atoms with van der Waals surface area (Å²) in [7, 11) is 1.26. The molecule has 1 N–H and O–H groups in total. The normalized spacial score (nSPS) is 15.6. The highest BCUT2D eigenvalue weighted by Gasteiger charge is 2.25. The van der Waals surface area contributed by atoms with Gasteiger partial charge in [0, 0.05) is 6.04 Å². The minimum Gasteiger partial charge on any atom is -0.468 e. The van der Waals surface area contributed by atoms with Crippen LogP contribution in [0, 0.1) is 5.92 Å². The van der Waals surface area contributed by atoms with Crippen LogP contribution in [0.25, 0.3) is 0 Å². The van der Waals surface area contributed by atoms with E-state index in [1.807, 2.05) is 0 Å². The molecule has 1 saturated carbocycles. The fourth-order valence-corrected chi connectivity index (χ4v) is 2.37. The molecule has 0 amide bonds. The third-order valence-corrected chi connectivity index (χ3v) is 4.02. The highest BCUT2D eigenvalue weighted by molar-refractivity contribution is 6.32. The number of halogens is 1. The minimum absolute atomic E-state index is 0.0585. The predicted octanol–water partition coefficient (Wildman–Crippen LogP) is 2.06. The van der Waals surface area contributed by atoms with E-state index in [1.54, 1.807) is 0 Å². The van der Waals surface area contributed by atoms with Gasteiger partial charge in [0.15, 0.2) is 0 Å². The Hall–Kier alpha value is -1.56. The molecule has 1 aromatic rings. The second-order valence-corrected chi connectivity index (χ2v) is 5.72. The zero-order valence-corrected chi connectivity index (χ0v) is 13.0. The number of ether oxygens (including phenoxy) is 1. The summed E-state index contributed by atoms with van der Waals surface area (Å²) >= 11 is 6.09. The fourth-order valence-electron chi connectivity index (χ4n) is 2.17. The topological polar surface area (TPSA) is 73.2 Å². The molecular formula is C14H20ClN3O3. The van der Waals surface area contributed by atoms with Gasteiger partial charge in [-0.25, -0.2) is 4.68 Å². The van der Waals surface area contributed by atoms with Crippen LogP contribution in [0.3, 0.4) is 0 Å². The lowest BCUT2D eigenvalue weighted by molar-refractivity contribution is -0.141. The van der Waals surface area contributed by atoms with E-state index < -0.39 is 11.5 Å². The zero-order chi connectivity index (χ0) is 15.4. The fraction of sp³-hybridized carbons (Fsp3) is 0.643. The highest BCUT2D eigenvalue weighted by Crippen LogP contribution is 2.35. The third kappa shape index (κ3) is 4.20. The predicted molar refractivity (Wildman–Crippen MR) is 80.6 cm³/mol. The third-order valence-electron chi connectivity index (χ3n) is 3.66. The van der Waals surface area contributed by atoms with Crippen molar-refractivity contribution in [1.82, 2.24) is 9.78 Å². The summed E-state index contributed by atoms with van der Waals surface area (Å²) in [6.07, 6.45) is 6.09. The van der Waals surface area contributed by atoms with Crippen molar-refractivity contribution >= 4 is 23.3 Å². The van der Waals surface area contributed by atoms with Crippen molar-refractivity contribution in [1.29, 1.82) is 0 Å². The Morgan fingerprint density at radius 1 is 1.62 bits per heavy atom. The van der Waals surface area contributed by atoms with Crippen LogP contribution in [-0.2, 0) is 16.1 Å². The van der Waals surface area contributed by atoms with Crippen LogP contribution in [0.15, 0.2) is 11.0 Å². The van der Waals surface area contributed by atoms with Crippen molar-refractivity contribution in [3.8, 4) is 0 Å². The Morgan fingerprint density at radius 3 is 2.90 bits per heavy atom. The first-order valence-corrected chi connectivity index (χ1v) is 7.51. The number of hydrogen-bond acceptors (Lipinski definition) is 5. The van der Waals surface area contributed by atoms with Gasteiger partial charge in [-0.05, 0) is 18.8 Å². The Labute approximate surface area is 128 Å².